The van der Waals surface area contributed by atoms with Crippen LogP contribution in [0.25, 0.3) is 0 Å². The number of hydrogen-bond acceptors (Lipinski definition) is 3. The van der Waals surface area contributed by atoms with Crippen molar-refractivity contribution < 1.29 is 0 Å². The molecule has 2 aromatic rings. The first kappa shape index (κ1) is 12.7. The van der Waals surface area contributed by atoms with Crippen molar-refractivity contribution >= 4 is 34.7 Å². The molecule has 92 valence electrons. The van der Waals surface area contributed by atoms with Crippen LogP contribution >= 0.6 is 23.2 Å². The van der Waals surface area contributed by atoms with Crippen LogP contribution in [0.5, 0.6) is 0 Å². The molecule has 18 heavy (non-hydrogen) atoms. The molecule has 0 aliphatic rings. The van der Waals surface area contributed by atoms with Crippen LogP contribution in [0.15, 0.2) is 18.2 Å². The first-order valence-corrected chi connectivity index (χ1v) is 5.95. The van der Waals surface area contributed by atoms with Crippen molar-refractivity contribution in [3.63, 3.8) is 0 Å². The van der Waals surface area contributed by atoms with Crippen molar-refractivity contribution in [3.05, 3.63) is 39.5 Å². The first-order valence-electron chi connectivity index (χ1n) is 5.19. The highest BCUT2D eigenvalue weighted by Gasteiger charge is 2.14. The molecule has 0 aliphatic carbocycles. The number of hydrogen-bond donors (Lipinski definition) is 1. The minimum absolute atomic E-state index is 0.418. The molecule has 1 aromatic heterocycles. The van der Waals surface area contributed by atoms with Gasteiger partial charge in [-0.1, -0.05) is 29.3 Å². The van der Waals surface area contributed by atoms with Crippen LogP contribution in [0.1, 0.15) is 11.3 Å². The average molecular weight is 281 g/mol. The van der Waals surface area contributed by atoms with Gasteiger partial charge in [0.25, 0.3) is 0 Å². The molecule has 0 atom stereocenters. The Bertz CT molecular complexity index is 640. The SMILES string of the molecule is Cc1nn(C)c(Nc2cccc(Cl)c2Cl)c1C#N. The van der Waals surface area contributed by atoms with Crippen LogP contribution < -0.4 is 5.32 Å². The Balaban J connectivity index is 2.47. The number of aromatic nitrogens is 2. The second-order valence-electron chi connectivity index (χ2n) is 3.77. The summed E-state index contributed by atoms with van der Waals surface area (Å²) < 4.78 is 1.60. The highest BCUT2D eigenvalue weighted by molar-refractivity contribution is 6.43. The van der Waals surface area contributed by atoms with Gasteiger partial charge in [0.2, 0.25) is 0 Å². The molecular formula is C12H10Cl2N4. The van der Waals surface area contributed by atoms with Gasteiger partial charge in [0.1, 0.15) is 17.5 Å². The quantitative estimate of drug-likeness (QED) is 0.914. The van der Waals surface area contributed by atoms with Gasteiger partial charge in [0.15, 0.2) is 0 Å². The molecule has 4 nitrogen and oxygen atoms in total. The zero-order chi connectivity index (χ0) is 13.3. The predicted octanol–water partition coefficient (Wildman–Crippen LogP) is 3.65. The standard InChI is InChI=1S/C12H10Cl2N4/c1-7-8(6-15)12(18(2)17-7)16-10-5-3-4-9(13)11(10)14/h3-5,16H,1-2H3. The van der Waals surface area contributed by atoms with Gasteiger partial charge in [-0.05, 0) is 19.1 Å². The molecule has 0 spiro atoms. The third kappa shape index (κ3) is 2.15. The molecule has 0 bridgehead atoms. The van der Waals surface area contributed by atoms with Gasteiger partial charge in [-0.15, -0.1) is 0 Å². The van der Waals surface area contributed by atoms with Crippen LogP contribution in [0.4, 0.5) is 11.5 Å². The van der Waals surface area contributed by atoms with Gasteiger partial charge in [-0.25, -0.2) is 0 Å². The van der Waals surface area contributed by atoms with E-state index >= 15 is 0 Å². The molecule has 1 aromatic carbocycles. The van der Waals surface area contributed by atoms with Crippen LogP contribution in [0.3, 0.4) is 0 Å². The Kier molecular flexibility index (Phi) is 3.46. The number of nitrogens with zero attached hydrogens (tertiary/aromatic N) is 3. The fourth-order valence-corrected chi connectivity index (χ4v) is 2.01. The summed E-state index contributed by atoms with van der Waals surface area (Å²) in [5.41, 5.74) is 1.80. The number of anilines is 2. The Morgan fingerprint density at radius 1 is 1.39 bits per heavy atom. The van der Waals surface area contributed by atoms with E-state index in [1.807, 2.05) is 0 Å². The summed E-state index contributed by atoms with van der Waals surface area (Å²) in [4.78, 5) is 0. The molecule has 0 fully saturated rings. The molecule has 1 heterocycles. The number of halogens is 2. The third-order valence-corrected chi connectivity index (χ3v) is 3.36. The normalized spacial score (nSPS) is 10.2. The molecular weight excluding hydrogens is 271 g/mol. The highest BCUT2D eigenvalue weighted by Crippen LogP contribution is 2.32. The van der Waals surface area contributed by atoms with Crippen LogP contribution in [0, 0.1) is 18.3 Å². The summed E-state index contributed by atoms with van der Waals surface area (Å²) in [5, 5.41) is 17.3. The van der Waals surface area contributed by atoms with Crippen molar-refractivity contribution in [2.75, 3.05) is 5.32 Å². The maximum absolute atomic E-state index is 9.11. The number of rotatable bonds is 2. The molecule has 0 saturated heterocycles. The van der Waals surface area contributed by atoms with Gasteiger partial charge in [-0.2, -0.15) is 10.4 Å². The lowest BCUT2D eigenvalue weighted by atomic mass is 10.2. The Labute approximate surface area is 115 Å². The summed E-state index contributed by atoms with van der Waals surface area (Å²) in [6.07, 6.45) is 0. The second-order valence-corrected chi connectivity index (χ2v) is 4.56. The fourth-order valence-electron chi connectivity index (χ4n) is 1.66. The van der Waals surface area contributed by atoms with Crippen molar-refractivity contribution in [1.82, 2.24) is 9.78 Å². The summed E-state index contributed by atoms with van der Waals surface area (Å²) in [6, 6.07) is 7.39. The Morgan fingerprint density at radius 3 is 2.78 bits per heavy atom. The molecule has 2 rings (SSSR count). The number of nitriles is 1. The van der Waals surface area contributed by atoms with E-state index in [1.165, 1.54) is 0 Å². The summed E-state index contributed by atoms with van der Waals surface area (Å²) in [5.74, 6) is 0.596. The lowest BCUT2D eigenvalue weighted by Crippen LogP contribution is -2.01. The molecule has 0 saturated carbocycles. The maximum Gasteiger partial charge on any atom is 0.146 e. The van der Waals surface area contributed by atoms with Crippen LogP contribution in [-0.4, -0.2) is 9.78 Å². The number of nitrogens with one attached hydrogen (secondary N) is 1. The van der Waals surface area contributed by atoms with E-state index in [-0.39, 0.29) is 0 Å². The minimum Gasteiger partial charge on any atom is -0.338 e. The van der Waals surface area contributed by atoms with Crippen molar-refractivity contribution in [3.8, 4) is 6.07 Å². The van der Waals surface area contributed by atoms with Gasteiger partial charge >= 0.3 is 0 Å². The average Bonchev–Trinajstić information content (AvgIpc) is 2.59. The van der Waals surface area contributed by atoms with E-state index in [0.29, 0.717) is 32.8 Å². The molecule has 1 N–H and O–H groups in total. The molecule has 0 aliphatic heterocycles. The number of aryl methyl sites for hydroxylation is 2. The maximum atomic E-state index is 9.11. The van der Waals surface area contributed by atoms with Gasteiger partial charge < -0.3 is 5.32 Å². The van der Waals surface area contributed by atoms with Gasteiger partial charge in [0, 0.05) is 7.05 Å². The molecule has 0 radical (unpaired) electrons. The molecule has 6 heteroatoms. The van der Waals surface area contributed by atoms with E-state index in [1.54, 1.807) is 36.9 Å². The first-order chi connectivity index (χ1) is 8.54. The summed E-state index contributed by atoms with van der Waals surface area (Å²) >= 11 is 12.0. The van der Waals surface area contributed by atoms with Crippen LogP contribution in [-0.2, 0) is 7.05 Å². The lowest BCUT2D eigenvalue weighted by molar-refractivity contribution is 0.765. The van der Waals surface area contributed by atoms with E-state index < -0.39 is 0 Å². The third-order valence-electron chi connectivity index (χ3n) is 2.54. The smallest absolute Gasteiger partial charge is 0.146 e. The monoisotopic (exact) mass is 280 g/mol. The number of benzene rings is 1. The topological polar surface area (TPSA) is 53.6 Å². The lowest BCUT2D eigenvalue weighted by Gasteiger charge is -2.09. The summed E-state index contributed by atoms with van der Waals surface area (Å²) in [7, 11) is 1.76. The van der Waals surface area contributed by atoms with E-state index in [9.17, 15) is 0 Å². The predicted molar refractivity (Wildman–Crippen MR) is 72.4 cm³/mol. The van der Waals surface area contributed by atoms with E-state index in [4.69, 9.17) is 28.5 Å². The van der Waals surface area contributed by atoms with Crippen molar-refractivity contribution in [2.45, 2.75) is 6.92 Å². The largest absolute Gasteiger partial charge is 0.338 e. The van der Waals surface area contributed by atoms with E-state index in [0.717, 1.165) is 0 Å². The van der Waals surface area contributed by atoms with Gasteiger partial charge in [0.05, 0.1) is 21.4 Å². The fraction of sp³-hybridized carbons (Fsp3) is 0.167. The zero-order valence-corrected chi connectivity index (χ0v) is 11.3. The summed E-state index contributed by atoms with van der Waals surface area (Å²) in [6.45, 7) is 1.78. The van der Waals surface area contributed by atoms with E-state index in [2.05, 4.69) is 16.5 Å². The minimum atomic E-state index is 0.418. The zero-order valence-electron chi connectivity index (χ0n) is 9.83. The van der Waals surface area contributed by atoms with Gasteiger partial charge in [-0.3, -0.25) is 4.68 Å². The Morgan fingerprint density at radius 2 is 2.11 bits per heavy atom. The molecule has 0 unspecified atom stereocenters. The molecule has 0 amide bonds. The van der Waals surface area contributed by atoms with Crippen LogP contribution in [0.2, 0.25) is 10.0 Å². The van der Waals surface area contributed by atoms with Crippen molar-refractivity contribution in [1.29, 1.82) is 5.26 Å². The second kappa shape index (κ2) is 4.89. The van der Waals surface area contributed by atoms with Crippen molar-refractivity contribution in [2.24, 2.45) is 7.05 Å². The highest BCUT2D eigenvalue weighted by atomic mass is 35.5. The Hall–Kier alpha value is -1.70.